The predicted octanol–water partition coefficient (Wildman–Crippen LogP) is 4.61. The molecule has 0 radical (unpaired) electrons. The number of nitrogens with zero attached hydrogens (tertiary/aromatic N) is 3. The molecule has 7 heteroatoms. The first-order chi connectivity index (χ1) is 14.5. The molecule has 0 bridgehead atoms. The summed E-state index contributed by atoms with van der Waals surface area (Å²) < 4.78 is 0.822. The number of hydrogen-bond acceptors (Lipinski definition) is 5. The van der Waals surface area contributed by atoms with Gasteiger partial charge in [-0.25, -0.2) is 4.98 Å². The van der Waals surface area contributed by atoms with Crippen molar-refractivity contribution in [3.63, 3.8) is 0 Å². The smallest absolute Gasteiger partial charge is 0.252 e. The predicted molar refractivity (Wildman–Crippen MR) is 125 cm³/mol. The van der Waals surface area contributed by atoms with E-state index < -0.39 is 0 Å². The number of benzene rings is 2. The SMILES string of the molecule is CN(C)c1nc(NC2CCC(NC(=O)c3ccccc3Br)CC2)nc2ccccc12. The third-order valence-electron chi connectivity index (χ3n) is 5.52. The molecule has 1 amide bonds. The van der Waals surface area contributed by atoms with Crippen LogP contribution in [-0.2, 0) is 0 Å². The molecule has 156 valence electrons. The van der Waals surface area contributed by atoms with Crippen molar-refractivity contribution in [2.75, 3.05) is 24.3 Å². The summed E-state index contributed by atoms with van der Waals surface area (Å²) in [5, 5.41) is 7.74. The largest absolute Gasteiger partial charge is 0.362 e. The minimum absolute atomic E-state index is 0.0210. The molecular formula is C23H26BrN5O. The number of carbonyl (C=O) groups excluding carboxylic acids is 1. The van der Waals surface area contributed by atoms with Gasteiger partial charge < -0.3 is 15.5 Å². The van der Waals surface area contributed by atoms with Crippen molar-refractivity contribution in [1.82, 2.24) is 15.3 Å². The van der Waals surface area contributed by atoms with Crippen molar-refractivity contribution in [3.05, 3.63) is 58.6 Å². The average Bonchev–Trinajstić information content (AvgIpc) is 2.74. The maximum absolute atomic E-state index is 12.6. The molecule has 1 heterocycles. The molecule has 0 saturated heterocycles. The summed E-state index contributed by atoms with van der Waals surface area (Å²) in [5.41, 5.74) is 1.62. The molecule has 0 unspecified atom stereocenters. The Balaban J connectivity index is 1.38. The summed E-state index contributed by atoms with van der Waals surface area (Å²) in [5.74, 6) is 1.56. The molecule has 1 aromatic heterocycles. The molecule has 1 fully saturated rings. The van der Waals surface area contributed by atoms with Crippen LogP contribution in [0.2, 0.25) is 0 Å². The molecule has 1 saturated carbocycles. The van der Waals surface area contributed by atoms with Gasteiger partial charge in [-0.05, 0) is 65.9 Å². The number of amides is 1. The lowest BCUT2D eigenvalue weighted by Crippen LogP contribution is -2.40. The second-order valence-corrected chi connectivity index (χ2v) is 8.78. The van der Waals surface area contributed by atoms with Gasteiger partial charge in [0.2, 0.25) is 5.95 Å². The Morgan fingerprint density at radius 1 is 0.967 bits per heavy atom. The third-order valence-corrected chi connectivity index (χ3v) is 6.21. The Morgan fingerprint density at radius 3 is 2.37 bits per heavy atom. The Hall–Kier alpha value is -2.67. The molecule has 2 aromatic carbocycles. The fourth-order valence-corrected chi connectivity index (χ4v) is 4.40. The quantitative estimate of drug-likeness (QED) is 0.573. The second-order valence-electron chi connectivity index (χ2n) is 7.93. The van der Waals surface area contributed by atoms with Crippen LogP contribution in [0, 0.1) is 0 Å². The molecule has 0 aliphatic heterocycles. The molecule has 6 nitrogen and oxygen atoms in total. The highest BCUT2D eigenvalue weighted by Crippen LogP contribution is 2.26. The Kier molecular flexibility index (Phi) is 6.18. The number of carbonyl (C=O) groups is 1. The molecule has 4 rings (SSSR count). The number of para-hydroxylation sites is 1. The van der Waals surface area contributed by atoms with Crippen LogP contribution in [0.15, 0.2) is 53.0 Å². The number of anilines is 2. The zero-order chi connectivity index (χ0) is 21.1. The highest BCUT2D eigenvalue weighted by Gasteiger charge is 2.24. The normalized spacial score (nSPS) is 18.8. The maximum Gasteiger partial charge on any atom is 0.252 e. The van der Waals surface area contributed by atoms with E-state index in [1.165, 1.54) is 0 Å². The van der Waals surface area contributed by atoms with Crippen LogP contribution in [0.1, 0.15) is 36.0 Å². The van der Waals surface area contributed by atoms with E-state index in [1.54, 1.807) is 0 Å². The molecule has 30 heavy (non-hydrogen) atoms. The van der Waals surface area contributed by atoms with E-state index in [-0.39, 0.29) is 11.9 Å². The number of aromatic nitrogens is 2. The zero-order valence-electron chi connectivity index (χ0n) is 17.2. The van der Waals surface area contributed by atoms with E-state index in [0.717, 1.165) is 46.9 Å². The van der Waals surface area contributed by atoms with Crippen LogP contribution in [0.3, 0.4) is 0 Å². The standard InChI is InChI=1S/C23H26BrN5O/c1-29(2)21-18-8-4-6-10-20(18)27-23(28-21)26-16-13-11-15(12-14-16)25-22(30)17-7-3-5-9-19(17)24/h3-10,15-16H,11-14H2,1-2H3,(H,25,30)(H,26,27,28). The van der Waals surface area contributed by atoms with Crippen LogP contribution in [0.25, 0.3) is 10.9 Å². The van der Waals surface area contributed by atoms with Crippen molar-refractivity contribution >= 4 is 44.5 Å². The van der Waals surface area contributed by atoms with E-state index in [2.05, 4.69) is 26.6 Å². The van der Waals surface area contributed by atoms with Crippen molar-refractivity contribution in [2.45, 2.75) is 37.8 Å². The van der Waals surface area contributed by atoms with Crippen LogP contribution < -0.4 is 15.5 Å². The topological polar surface area (TPSA) is 70.2 Å². The zero-order valence-corrected chi connectivity index (χ0v) is 18.8. The molecular weight excluding hydrogens is 442 g/mol. The molecule has 0 atom stereocenters. The number of fused-ring (bicyclic) bond motifs is 1. The fourth-order valence-electron chi connectivity index (χ4n) is 3.94. The first kappa shape index (κ1) is 20.6. The van der Waals surface area contributed by atoms with Crippen molar-refractivity contribution < 1.29 is 4.79 Å². The highest BCUT2D eigenvalue weighted by molar-refractivity contribution is 9.10. The highest BCUT2D eigenvalue weighted by atomic mass is 79.9. The Bertz CT molecular complexity index is 1050. The summed E-state index contributed by atoms with van der Waals surface area (Å²) in [4.78, 5) is 24.0. The monoisotopic (exact) mass is 467 g/mol. The van der Waals surface area contributed by atoms with Gasteiger partial charge in [-0.3, -0.25) is 4.79 Å². The second kappa shape index (κ2) is 9.00. The van der Waals surface area contributed by atoms with E-state index in [9.17, 15) is 4.79 Å². The van der Waals surface area contributed by atoms with Crippen molar-refractivity contribution in [1.29, 1.82) is 0 Å². The fraction of sp³-hybridized carbons (Fsp3) is 0.348. The average molecular weight is 468 g/mol. The lowest BCUT2D eigenvalue weighted by molar-refractivity contribution is 0.0926. The minimum atomic E-state index is -0.0210. The summed E-state index contributed by atoms with van der Waals surface area (Å²) >= 11 is 3.45. The molecule has 1 aliphatic rings. The first-order valence-corrected chi connectivity index (χ1v) is 11.1. The van der Waals surface area contributed by atoms with Gasteiger partial charge >= 0.3 is 0 Å². The first-order valence-electron chi connectivity index (χ1n) is 10.3. The number of nitrogens with one attached hydrogen (secondary N) is 2. The van der Waals surface area contributed by atoms with Gasteiger partial charge in [-0.1, -0.05) is 24.3 Å². The number of halogens is 1. The Labute approximate surface area is 185 Å². The molecule has 1 aliphatic carbocycles. The van der Waals surface area contributed by atoms with Gasteiger partial charge in [0.25, 0.3) is 5.91 Å². The van der Waals surface area contributed by atoms with Gasteiger partial charge in [0, 0.05) is 36.0 Å². The van der Waals surface area contributed by atoms with Gasteiger partial charge in [0.1, 0.15) is 5.82 Å². The minimum Gasteiger partial charge on any atom is -0.362 e. The van der Waals surface area contributed by atoms with Gasteiger partial charge in [0.15, 0.2) is 0 Å². The van der Waals surface area contributed by atoms with Crippen LogP contribution >= 0.6 is 15.9 Å². The van der Waals surface area contributed by atoms with Crippen LogP contribution in [-0.4, -0.2) is 42.1 Å². The number of rotatable bonds is 5. The molecule has 0 spiro atoms. The summed E-state index contributed by atoms with van der Waals surface area (Å²) in [6.45, 7) is 0. The number of hydrogen-bond donors (Lipinski definition) is 2. The van der Waals surface area contributed by atoms with E-state index in [4.69, 9.17) is 9.97 Å². The molecule has 2 N–H and O–H groups in total. The van der Waals surface area contributed by atoms with Crippen molar-refractivity contribution in [3.8, 4) is 0 Å². The van der Waals surface area contributed by atoms with E-state index in [1.807, 2.05) is 67.5 Å². The van der Waals surface area contributed by atoms with E-state index in [0.29, 0.717) is 17.6 Å². The third kappa shape index (κ3) is 4.56. The Morgan fingerprint density at radius 2 is 1.63 bits per heavy atom. The molecule has 3 aromatic rings. The van der Waals surface area contributed by atoms with Crippen molar-refractivity contribution in [2.24, 2.45) is 0 Å². The van der Waals surface area contributed by atoms with Gasteiger partial charge in [-0.15, -0.1) is 0 Å². The van der Waals surface area contributed by atoms with Crippen LogP contribution in [0.4, 0.5) is 11.8 Å². The lowest BCUT2D eigenvalue weighted by atomic mass is 9.91. The van der Waals surface area contributed by atoms with Gasteiger partial charge in [0.05, 0.1) is 11.1 Å². The summed E-state index contributed by atoms with van der Waals surface area (Å²) in [6, 6.07) is 16.1. The lowest BCUT2D eigenvalue weighted by Gasteiger charge is -2.30. The van der Waals surface area contributed by atoms with E-state index >= 15 is 0 Å². The van der Waals surface area contributed by atoms with Crippen LogP contribution in [0.5, 0.6) is 0 Å². The van der Waals surface area contributed by atoms with Gasteiger partial charge in [-0.2, -0.15) is 4.98 Å². The maximum atomic E-state index is 12.6. The summed E-state index contributed by atoms with van der Waals surface area (Å²) in [7, 11) is 4.00. The summed E-state index contributed by atoms with van der Waals surface area (Å²) in [6.07, 6.45) is 3.80.